The Morgan fingerprint density at radius 3 is 2.33 bits per heavy atom. The first-order valence-corrected chi connectivity index (χ1v) is 8.57. The van der Waals surface area contributed by atoms with E-state index in [1.165, 1.54) is 38.2 Å². The molecule has 3 heteroatoms. The molecular weight excluding hydrogens is 280 g/mol. The van der Waals surface area contributed by atoms with Crippen LogP contribution >= 0.6 is 11.6 Å². The summed E-state index contributed by atoms with van der Waals surface area (Å²) in [5, 5.41) is 0.821. The lowest BCUT2D eigenvalue weighted by Crippen LogP contribution is -2.48. The molecule has 2 aliphatic carbocycles. The Balaban J connectivity index is 1.30. The first-order valence-electron chi connectivity index (χ1n) is 8.19. The summed E-state index contributed by atoms with van der Waals surface area (Å²) >= 11 is 5.97. The smallest absolute Gasteiger partial charge is 0.0407 e. The van der Waals surface area contributed by atoms with E-state index in [1.54, 1.807) is 0 Å². The predicted octanol–water partition coefficient (Wildman–Crippen LogP) is 3.67. The van der Waals surface area contributed by atoms with Gasteiger partial charge in [0.05, 0.1) is 0 Å². The molecule has 1 saturated carbocycles. The van der Waals surface area contributed by atoms with Gasteiger partial charge in [0.25, 0.3) is 0 Å². The second-order valence-electron chi connectivity index (χ2n) is 6.80. The van der Waals surface area contributed by atoms with Crippen molar-refractivity contribution >= 4 is 17.3 Å². The highest BCUT2D eigenvalue weighted by atomic mass is 35.5. The van der Waals surface area contributed by atoms with E-state index in [4.69, 9.17) is 11.6 Å². The number of piperazine rings is 1. The van der Waals surface area contributed by atoms with E-state index >= 15 is 0 Å². The van der Waals surface area contributed by atoms with Crippen LogP contribution in [0.2, 0.25) is 5.02 Å². The predicted molar refractivity (Wildman–Crippen MR) is 88.9 cm³/mol. The van der Waals surface area contributed by atoms with Crippen LogP contribution < -0.4 is 4.90 Å². The lowest BCUT2D eigenvalue weighted by Gasteiger charge is -2.38. The van der Waals surface area contributed by atoms with Crippen LogP contribution in [0.5, 0.6) is 0 Å². The fourth-order valence-corrected chi connectivity index (χ4v) is 4.40. The second-order valence-corrected chi connectivity index (χ2v) is 7.24. The van der Waals surface area contributed by atoms with E-state index in [9.17, 15) is 0 Å². The average Bonchev–Trinajstić information content (AvgIpc) is 3.12. The van der Waals surface area contributed by atoms with Crippen molar-refractivity contribution in [3.8, 4) is 0 Å². The number of fused-ring (bicyclic) bond motifs is 2. The molecule has 2 fully saturated rings. The molecule has 3 atom stereocenters. The third-order valence-electron chi connectivity index (χ3n) is 5.47. The van der Waals surface area contributed by atoms with Crippen LogP contribution in [0, 0.1) is 17.8 Å². The number of anilines is 1. The molecule has 2 bridgehead atoms. The third kappa shape index (κ3) is 2.84. The lowest BCUT2D eigenvalue weighted by atomic mass is 9.93. The van der Waals surface area contributed by atoms with E-state index < -0.39 is 0 Å². The van der Waals surface area contributed by atoms with Gasteiger partial charge in [-0.3, -0.25) is 4.90 Å². The second kappa shape index (κ2) is 5.66. The Morgan fingerprint density at radius 1 is 0.952 bits per heavy atom. The van der Waals surface area contributed by atoms with Crippen LogP contribution in [0.25, 0.3) is 0 Å². The molecule has 2 nitrogen and oxygen atoms in total. The van der Waals surface area contributed by atoms with Gasteiger partial charge in [0.15, 0.2) is 0 Å². The molecule has 1 aromatic rings. The van der Waals surface area contributed by atoms with Gasteiger partial charge in [-0.25, -0.2) is 0 Å². The number of rotatable bonds is 3. The lowest BCUT2D eigenvalue weighted by molar-refractivity contribution is 0.204. The Hall–Kier alpha value is -0.990. The normalized spacial score (nSPS) is 32.0. The molecule has 3 aliphatic rings. The van der Waals surface area contributed by atoms with Crippen molar-refractivity contribution in [1.29, 1.82) is 0 Å². The van der Waals surface area contributed by atoms with Crippen molar-refractivity contribution in [2.45, 2.75) is 12.8 Å². The van der Waals surface area contributed by atoms with Crippen molar-refractivity contribution in [1.82, 2.24) is 4.90 Å². The Labute approximate surface area is 132 Å². The zero-order valence-corrected chi connectivity index (χ0v) is 13.2. The van der Waals surface area contributed by atoms with Crippen LogP contribution in [0.4, 0.5) is 5.69 Å². The monoisotopic (exact) mass is 302 g/mol. The number of hydrogen-bond donors (Lipinski definition) is 0. The highest BCUT2D eigenvalue weighted by Crippen LogP contribution is 2.43. The summed E-state index contributed by atoms with van der Waals surface area (Å²) < 4.78 is 0. The van der Waals surface area contributed by atoms with Gasteiger partial charge >= 0.3 is 0 Å². The molecule has 4 rings (SSSR count). The maximum atomic E-state index is 5.97. The molecule has 0 radical (unpaired) electrons. The first kappa shape index (κ1) is 13.7. The Morgan fingerprint density at radius 2 is 1.71 bits per heavy atom. The summed E-state index contributed by atoms with van der Waals surface area (Å²) in [5.41, 5.74) is 1.31. The van der Waals surface area contributed by atoms with Crippen molar-refractivity contribution in [3.05, 3.63) is 41.4 Å². The molecular formula is C18H23ClN2. The van der Waals surface area contributed by atoms with Crippen molar-refractivity contribution in [2.75, 3.05) is 37.6 Å². The molecule has 1 aromatic carbocycles. The van der Waals surface area contributed by atoms with Gasteiger partial charge in [0.1, 0.15) is 0 Å². The summed E-state index contributed by atoms with van der Waals surface area (Å²) in [6.07, 6.45) is 7.77. The van der Waals surface area contributed by atoms with Gasteiger partial charge in [0.2, 0.25) is 0 Å². The minimum absolute atomic E-state index is 0.821. The van der Waals surface area contributed by atoms with Gasteiger partial charge in [-0.2, -0.15) is 0 Å². The maximum Gasteiger partial charge on any atom is 0.0407 e. The number of nitrogens with zero attached hydrogens (tertiary/aromatic N) is 2. The number of allylic oxidation sites excluding steroid dienone is 2. The summed E-state index contributed by atoms with van der Waals surface area (Å²) in [7, 11) is 0. The zero-order valence-electron chi connectivity index (χ0n) is 12.4. The SMILES string of the molecule is Clc1ccc(N2CCN(C[C@H]3C[C@@H]4C=C[C@H]3C4)CC2)cc1. The molecule has 0 N–H and O–H groups in total. The molecule has 0 spiro atoms. The van der Waals surface area contributed by atoms with Crippen molar-refractivity contribution in [2.24, 2.45) is 17.8 Å². The van der Waals surface area contributed by atoms with Gasteiger partial charge < -0.3 is 4.90 Å². The summed E-state index contributed by atoms with van der Waals surface area (Å²) in [5.74, 6) is 2.70. The van der Waals surface area contributed by atoms with Crippen LogP contribution in [0.3, 0.4) is 0 Å². The third-order valence-corrected chi connectivity index (χ3v) is 5.73. The van der Waals surface area contributed by atoms with E-state index in [0.717, 1.165) is 35.9 Å². The fourth-order valence-electron chi connectivity index (χ4n) is 4.28. The highest BCUT2D eigenvalue weighted by Gasteiger charge is 2.36. The highest BCUT2D eigenvalue weighted by molar-refractivity contribution is 6.30. The van der Waals surface area contributed by atoms with Gasteiger partial charge in [-0.15, -0.1) is 0 Å². The first-order chi connectivity index (χ1) is 10.3. The van der Waals surface area contributed by atoms with E-state index in [1.807, 2.05) is 12.1 Å². The van der Waals surface area contributed by atoms with E-state index in [2.05, 4.69) is 34.1 Å². The maximum absolute atomic E-state index is 5.97. The molecule has 0 amide bonds. The standard InChI is InChI=1S/C18H23ClN2/c19-17-3-5-18(6-4-17)21-9-7-20(8-10-21)13-16-12-14-1-2-15(16)11-14/h1-6,14-16H,7-13H2/t14-,15+,16-/m1/s1. The molecule has 1 saturated heterocycles. The molecule has 112 valence electrons. The number of hydrogen-bond acceptors (Lipinski definition) is 2. The molecule has 1 heterocycles. The summed E-state index contributed by atoms with van der Waals surface area (Å²) in [6, 6.07) is 8.26. The molecule has 0 unspecified atom stereocenters. The minimum atomic E-state index is 0.821. The van der Waals surface area contributed by atoms with E-state index in [-0.39, 0.29) is 0 Å². The van der Waals surface area contributed by atoms with Crippen molar-refractivity contribution in [3.63, 3.8) is 0 Å². The Bertz CT molecular complexity index is 517. The van der Waals surface area contributed by atoms with Crippen molar-refractivity contribution < 1.29 is 0 Å². The number of halogens is 1. The molecule has 21 heavy (non-hydrogen) atoms. The largest absolute Gasteiger partial charge is 0.369 e. The van der Waals surface area contributed by atoms with Gasteiger partial charge in [0, 0.05) is 43.4 Å². The van der Waals surface area contributed by atoms with Crippen LogP contribution in [0.1, 0.15) is 12.8 Å². The minimum Gasteiger partial charge on any atom is -0.369 e. The van der Waals surface area contributed by atoms with Gasteiger partial charge in [-0.1, -0.05) is 23.8 Å². The molecule has 1 aliphatic heterocycles. The Kier molecular flexibility index (Phi) is 3.68. The van der Waals surface area contributed by atoms with Gasteiger partial charge in [-0.05, 0) is 54.9 Å². The summed E-state index contributed by atoms with van der Waals surface area (Å²) in [4.78, 5) is 5.15. The van der Waals surface area contributed by atoms with Crippen LogP contribution in [0.15, 0.2) is 36.4 Å². The summed E-state index contributed by atoms with van der Waals surface area (Å²) in [6.45, 7) is 5.97. The topological polar surface area (TPSA) is 6.48 Å². The average molecular weight is 303 g/mol. The number of benzene rings is 1. The molecule has 0 aromatic heterocycles. The zero-order chi connectivity index (χ0) is 14.2. The fraction of sp³-hybridized carbons (Fsp3) is 0.556. The van der Waals surface area contributed by atoms with Crippen LogP contribution in [-0.2, 0) is 0 Å². The van der Waals surface area contributed by atoms with E-state index in [0.29, 0.717) is 0 Å². The van der Waals surface area contributed by atoms with Crippen LogP contribution in [-0.4, -0.2) is 37.6 Å². The quantitative estimate of drug-likeness (QED) is 0.786.